The highest BCUT2D eigenvalue weighted by Gasteiger charge is 2.58. The zero-order valence-electron chi connectivity index (χ0n) is 15.0. The monoisotopic (exact) mass is 356 g/mol. The minimum atomic E-state index is -0.788. The third kappa shape index (κ3) is 3.24. The number of fused-ring (bicyclic) bond motifs is 1. The van der Waals surface area contributed by atoms with Gasteiger partial charge >= 0.3 is 12.0 Å². The second-order valence-corrected chi connectivity index (χ2v) is 6.60. The van der Waals surface area contributed by atoms with Crippen LogP contribution in [-0.4, -0.2) is 62.1 Å². The van der Waals surface area contributed by atoms with E-state index in [1.54, 1.807) is 27.7 Å². The van der Waals surface area contributed by atoms with Crippen LogP contribution in [-0.2, 0) is 28.5 Å². The number of hydrogen-bond acceptors (Lipinski definition) is 7. The van der Waals surface area contributed by atoms with Crippen molar-refractivity contribution in [2.24, 2.45) is 0 Å². The number of carbonyl (C=O) groups excluding carboxylic acids is 2. The summed E-state index contributed by atoms with van der Waals surface area (Å²) in [5, 5.41) is 5.32. The minimum Gasteiger partial charge on any atom is -0.463 e. The van der Waals surface area contributed by atoms with Gasteiger partial charge < -0.3 is 34.3 Å². The number of ether oxygens (including phenoxy) is 5. The highest BCUT2D eigenvalue weighted by Crippen LogP contribution is 2.40. The maximum Gasteiger partial charge on any atom is 0.337 e. The van der Waals surface area contributed by atoms with Crippen LogP contribution in [0.1, 0.15) is 27.7 Å². The molecular formula is C16H24N2O7. The summed E-state index contributed by atoms with van der Waals surface area (Å²) in [6.07, 6.45) is -2.27. The molecule has 0 radical (unpaired) electrons. The summed E-state index contributed by atoms with van der Waals surface area (Å²) in [5.74, 6) is -1.31. The van der Waals surface area contributed by atoms with Gasteiger partial charge in [-0.25, -0.2) is 9.59 Å². The molecule has 2 N–H and O–H groups in total. The topological polar surface area (TPSA) is 104 Å². The SMILES string of the molecule is CCOC(=O)C1=C(C)NC(=O)N[C@H]1[C@H]1O[C@@H]2OC(C)(C)O[C@@H]2[C@H]1OC. The number of methoxy groups -OCH3 is 1. The summed E-state index contributed by atoms with van der Waals surface area (Å²) in [4.78, 5) is 24.3. The second-order valence-electron chi connectivity index (χ2n) is 6.60. The van der Waals surface area contributed by atoms with Gasteiger partial charge in [-0.3, -0.25) is 0 Å². The maximum atomic E-state index is 12.4. The normalized spacial score (nSPS) is 36.7. The number of carbonyl (C=O) groups is 2. The van der Waals surface area contributed by atoms with Crippen molar-refractivity contribution in [1.82, 2.24) is 10.6 Å². The van der Waals surface area contributed by atoms with Crippen molar-refractivity contribution < 1.29 is 33.3 Å². The smallest absolute Gasteiger partial charge is 0.337 e. The molecule has 0 aliphatic carbocycles. The average molecular weight is 356 g/mol. The van der Waals surface area contributed by atoms with E-state index in [-0.39, 0.29) is 6.61 Å². The van der Waals surface area contributed by atoms with Crippen molar-refractivity contribution in [2.75, 3.05) is 13.7 Å². The lowest BCUT2D eigenvalue weighted by molar-refractivity contribution is -0.218. The fourth-order valence-electron chi connectivity index (χ4n) is 3.50. The Balaban J connectivity index is 1.89. The highest BCUT2D eigenvalue weighted by molar-refractivity contribution is 5.94. The Bertz CT molecular complexity index is 603. The van der Waals surface area contributed by atoms with E-state index in [2.05, 4.69) is 10.6 Å². The van der Waals surface area contributed by atoms with Crippen LogP contribution in [0.5, 0.6) is 0 Å². The van der Waals surface area contributed by atoms with Crippen LogP contribution in [0.4, 0.5) is 4.79 Å². The van der Waals surface area contributed by atoms with Crippen LogP contribution in [0.2, 0.25) is 0 Å². The van der Waals surface area contributed by atoms with Gasteiger partial charge in [0.05, 0.1) is 18.2 Å². The zero-order chi connectivity index (χ0) is 18.4. The van der Waals surface area contributed by atoms with Crippen molar-refractivity contribution in [3.8, 4) is 0 Å². The van der Waals surface area contributed by atoms with Crippen LogP contribution in [0.25, 0.3) is 0 Å². The second kappa shape index (κ2) is 6.56. The standard InChI is InChI=1S/C16H24N2O7/c1-6-22-13(19)8-7(2)17-15(20)18-9(8)10-11(21-5)12-14(23-10)25-16(3,4)24-12/h9-12,14H,6H2,1-5H3,(H2,17,18,20)/t9-,10-,11+,12-,14-/m1/s1. The first-order valence-corrected chi connectivity index (χ1v) is 8.26. The Morgan fingerprint density at radius 3 is 2.64 bits per heavy atom. The van der Waals surface area contributed by atoms with Gasteiger partial charge in [-0.2, -0.15) is 0 Å². The molecule has 25 heavy (non-hydrogen) atoms. The predicted molar refractivity (Wildman–Crippen MR) is 84.3 cm³/mol. The van der Waals surface area contributed by atoms with Crippen molar-refractivity contribution >= 4 is 12.0 Å². The van der Waals surface area contributed by atoms with E-state index in [0.717, 1.165) is 0 Å². The highest BCUT2D eigenvalue weighted by atomic mass is 16.8. The van der Waals surface area contributed by atoms with Gasteiger partial charge in [0.15, 0.2) is 12.1 Å². The molecule has 3 aliphatic heterocycles. The van der Waals surface area contributed by atoms with E-state index in [9.17, 15) is 9.59 Å². The first-order valence-electron chi connectivity index (χ1n) is 8.26. The predicted octanol–water partition coefficient (Wildman–Crippen LogP) is 0.396. The zero-order valence-corrected chi connectivity index (χ0v) is 15.0. The quantitative estimate of drug-likeness (QED) is 0.703. The Hall–Kier alpha value is -1.68. The van der Waals surface area contributed by atoms with E-state index in [0.29, 0.717) is 11.3 Å². The van der Waals surface area contributed by atoms with Gasteiger partial charge in [0, 0.05) is 12.8 Å². The van der Waals surface area contributed by atoms with Crippen LogP contribution in [0.3, 0.4) is 0 Å². The minimum absolute atomic E-state index is 0.223. The van der Waals surface area contributed by atoms with Gasteiger partial charge in [0.1, 0.15) is 18.3 Å². The van der Waals surface area contributed by atoms with Gasteiger partial charge in [0.2, 0.25) is 0 Å². The van der Waals surface area contributed by atoms with E-state index in [4.69, 9.17) is 23.7 Å². The number of amides is 2. The summed E-state index contributed by atoms with van der Waals surface area (Å²) in [5.41, 5.74) is 0.720. The number of rotatable bonds is 4. The molecule has 0 aromatic carbocycles. The summed E-state index contributed by atoms with van der Waals surface area (Å²) >= 11 is 0. The molecule has 9 heteroatoms. The van der Waals surface area contributed by atoms with Gasteiger partial charge in [0.25, 0.3) is 0 Å². The maximum absolute atomic E-state index is 12.4. The molecule has 3 heterocycles. The molecule has 0 unspecified atom stereocenters. The molecule has 0 aromatic heterocycles. The fourth-order valence-corrected chi connectivity index (χ4v) is 3.50. The Labute approximate surface area is 145 Å². The number of urea groups is 1. The molecular weight excluding hydrogens is 332 g/mol. The number of allylic oxidation sites excluding steroid dienone is 1. The van der Waals surface area contributed by atoms with E-state index in [1.165, 1.54) is 7.11 Å². The van der Waals surface area contributed by atoms with E-state index in [1.807, 2.05) is 0 Å². The first-order chi connectivity index (χ1) is 11.8. The Kier molecular flexibility index (Phi) is 4.76. The number of esters is 1. The largest absolute Gasteiger partial charge is 0.463 e. The van der Waals surface area contributed by atoms with Gasteiger partial charge in [-0.05, 0) is 27.7 Å². The van der Waals surface area contributed by atoms with Crippen LogP contribution < -0.4 is 10.6 Å². The van der Waals surface area contributed by atoms with Crippen molar-refractivity contribution in [3.63, 3.8) is 0 Å². The molecule has 140 valence electrons. The van der Waals surface area contributed by atoms with Gasteiger partial charge in [-0.1, -0.05) is 0 Å². The summed E-state index contributed by atoms with van der Waals surface area (Å²) in [7, 11) is 1.53. The van der Waals surface area contributed by atoms with Crippen LogP contribution >= 0.6 is 0 Å². The Morgan fingerprint density at radius 2 is 2.00 bits per heavy atom. The molecule has 0 aromatic rings. The lowest BCUT2D eigenvalue weighted by Crippen LogP contribution is -2.58. The lowest BCUT2D eigenvalue weighted by Gasteiger charge is -2.34. The third-order valence-corrected chi connectivity index (χ3v) is 4.43. The Morgan fingerprint density at radius 1 is 1.28 bits per heavy atom. The molecule has 2 amide bonds. The molecule has 0 spiro atoms. The molecule has 0 saturated carbocycles. The molecule has 2 fully saturated rings. The average Bonchev–Trinajstić information content (AvgIpc) is 2.97. The molecule has 0 bridgehead atoms. The van der Waals surface area contributed by atoms with E-state index >= 15 is 0 Å². The number of hydrogen-bond donors (Lipinski definition) is 2. The lowest BCUT2D eigenvalue weighted by atomic mass is 9.93. The number of nitrogens with one attached hydrogen (secondary N) is 2. The summed E-state index contributed by atoms with van der Waals surface area (Å²) in [6, 6.07) is -1.16. The fraction of sp³-hybridized carbons (Fsp3) is 0.750. The molecule has 3 aliphatic rings. The third-order valence-electron chi connectivity index (χ3n) is 4.43. The summed E-state index contributed by atoms with van der Waals surface area (Å²) in [6.45, 7) is 7.16. The van der Waals surface area contributed by atoms with Crippen molar-refractivity contribution in [2.45, 2.75) is 64.1 Å². The first kappa shape index (κ1) is 18.1. The van der Waals surface area contributed by atoms with Crippen molar-refractivity contribution in [1.29, 1.82) is 0 Å². The molecule has 2 saturated heterocycles. The molecule has 5 atom stereocenters. The van der Waals surface area contributed by atoms with Crippen molar-refractivity contribution in [3.05, 3.63) is 11.3 Å². The van der Waals surface area contributed by atoms with Crippen LogP contribution in [0.15, 0.2) is 11.3 Å². The summed E-state index contributed by atoms with van der Waals surface area (Å²) < 4.78 is 28.3. The molecule has 3 rings (SSSR count). The van der Waals surface area contributed by atoms with Gasteiger partial charge in [-0.15, -0.1) is 0 Å². The van der Waals surface area contributed by atoms with Crippen LogP contribution in [0, 0.1) is 0 Å². The van der Waals surface area contributed by atoms with E-state index < -0.39 is 48.4 Å². The molecule has 9 nitrogen and oxygen atoms in total.